The second kappa shape index (κ2) is 7.98. The molecule has 1 aliphatic rings. The molecule has 0 radical (unpaired) electrons. The van der Waals surface area contributed by atoms with Crippen molar-refractivity contribution < 1.29 is 9.53 Å². The van der Waals surface area contributed by atoms with Gasteiger partial charge >= 0.3 is 0 Å². The average molecular weight is 395 g/mol. The molecule has 144 valence electrons. The van der Waals surface area contributed by atoms with Crippen LogP contribution in [-0.4, -0.2) is 46.5 Å². The highest BCUT2D eigenvalue weighted by Crippen LogP contribution is 2.26. The van der Waals surface area contributed by atoms with Crippen LogP contribution in [0.4, 0.5) is 5.82 Å². The molecule has 6 nitrogen and oxygen atoms in total. The number of ether oxygens (including phenoxy) is 1. The molecule has 0 N–H and O–H groups in total. The Kier molecular flexibility index (Phi) is 5.25. The predicted octanol–water partition coefficient (Wildman–Crippen LogP) is 3.99. The fourth-order valence-electron chi connectivity index (χ4n) is 3.35. The molecule has 1 atom stereocenters. The largest absolute Gasteiger partial charge is 0.439 e. The number of para-hydroxylation sites is 1. The van der Waals surface area contributed by atoms with Crippen LogP contribution >= 0.6 is 11.3 Å². The van der Waals surface area contributed by atoms with Gasteiger partial charge in [0.25, 0.3) is 5.91 Å². The fraction of sp³-hybridized carbons (Fsp3) is 0.286. The minimum absolute atomic E-state index is 0.0963. The summed E-state index contributed by atoms with van der Waals surface area (Å²) in [6, 6.07) is 13.6. The number of piperazine rings is 1. The van der Waals surface area contributed by atoms with E-state index in [1.807, 2.05) is 59.7 Å². The van der Waals surface area contributed by atoms with Gasteiger partial charge in [-0.05, 0) is 36.9 Å². The number of carbonyl (C=O) groups excluding carboxylic acids is 1. The van der Waals surface area contributed by atoms with Crippen molar-refractivity contribution in [1.29, 1.82) is 0 Å². The smallest absolute Gasteiger partial charge is 0.264 e. The molecule has 1 fully saturated rings. The van der Waals surface area contributed by atoms with Crippen molar-refractivity contribution in [3.63, 3.8) is 0 Å². The van der Waals surface area contributed by atoms with E-state index >= 15 is 0 Å². The first kappa shape index (κ1) is 18.4. The second-order valence-corrected chi connectivity index (χ2v) is 7.80. The lowest BCUT2D eigenvalue weighted by Crippen LogP contribution is -2.54. The van der Waals surface area contributed by atoms with E-state index < -0.39 is 0 Å². The number of aromatic nitrogens is 2. The van der Waals surface area contributed by atoms with Crippen LogP contribution in [0.1, 0.15) is 22.2 Å². The molecular formula is C21H22N4O2S. The number of amides is 1. The first-order valence-corrected chi connectivity index (χ1v) is 10.1. The van der Waals surface area contributed by atoms with Gasteiger partial charge in [0.2, 0.25) is 5.88 Å². The van der Waals surface area contributed by atoms with E-state index in [0.717, 1.165) is 35.1 Å². The minimum Gasteiger partial charge on any atom is -0.439 e. The Morgan fingerprint density at radius 3 is 2.79 bits per heavy atom. The van der Waals surface area contributed by atoms with Crippen molar-refractivity contribution in [2.45, 2.75) is 19.9 Å². The number of benzene rings is 1. The van der Waals surface area contributed by atoms with Crippen LogP contribution in [0.15, 0.2) is 54.2 Å². The summed E-state index contributed by atoms with van der Waals surface area (Å²) >= 11 is 1.49. The van der Waals surface area contributed by atoms with E-state index in [1.54, 1.807) is 0 Å². The molecule has 28 heavy (non-hydrogen) atoms. The number of carbonyl (C=O) groups is 1. The maximum atomic E-state index is 12.7. The Labute approximate surface area is 168 Å². The summed E-state index contributed by atoms with van der Waals surface area (Å²) in [5, 5.41) is 1.94. The van der Waals surface area contributed by atoms with Gasteiger partial charge < -0.3 is 14.5 Å². The molecule has 0 saturated carbocycles. The van der Waals surface area contributed by atoms with Crippen molar-refractivity contribution >= 4 is 23.1 Å². The fourth-order valence-corrected chi connectivity index (χ4v) is 4.03. The molecule has 2 aromatic heterocycles. The van der Waals surface area contributed by atoms with Crippen LogP contribution in [0.2, 0.25) is 0 Å². The second-order valence-electron chi connectivity index (χ2n) is 6.85. The third-order valence-electron chi connectivity index (χ3n) is 4.88. The van der Waals surface area contributed by atoms with Crippen molar-refractivity contribution in [1.82, 2.24) is 14.9 Å². The lowest BCUT2D eigenvalue weighted by molar-refractivity contribution is 0.0678. The summed E-state index contributed by atoms with van der Waals surface area (Å²) in [7, 11) is 0. The molecule has 1 amide bonds. The molecule has 0 bridgehead atoms. The summed E-state index contributed by atoms with van der Waals surface area (Å²) in [6.45, 7) is 6.18. The molecule has 4 rings (SSSR count). The van der Waals surface area contributed by atoms with Crippen LogP contribution in [0.3, 0.4) is 0 Å². The van der Waals surface area contributed by atoms with Gasteiger partial charge in [0, 0.05) is 31.7 Å². The molecule has 1 saturated heterocycles. The molecule has 7 heteroatoms. The SMILES string of the molecule is Cc1ccccc1Oc1cc(N2CCN(C(=O)c3cccs3)C(C)C2)ncn1. The molecule has 1 aliphatic heterocycles. The molecule has 3 aromatic rings. The maximum absolute atomic E-state index is 12.7. The number of hydrogen-bond acceptors (Lipinski definition) is 6. The van der Waals surface area contributed by atoms with Gasteiger partial charge in [0.1, 0.15) is 17.9 Å². The molecule has 0 aliphatic carbocycles. The lowest BCUT2D eigenvalue weighted by Gasteiger charge is -2.40. The Morgan fingerprint density at radius 2 is 2.04 bits per heavy atom. The lowest BCUT2D eigenvalue weighted by atomic mass is 10.2. The first-order chi connectivity index (χ1) is 13.6. The van der Waals surface area contributed by atoms with E-state index in [9.17, 15) is 4.79 Å². The number of aryl methyl sites for hydroxylation is 1. The zero-order chi connectivity index (χ0) is 19.5. The number of anilines is 1. The molecular weight excluding hydrogens is 372 g/mol. The molecule has 0 spiro atoms. The number of thiophene rings is 1. The Balaban J connectivity index is 1.46. The van der Waals surface area contributed by atoms with Gasteiger partial charge in [-0.3, -0.25) is 4.79 Å². The Bertz CT molecular complexity index is 961. The van der Waals surface area contributed by atoms with Crippen LogP contribution < -0.4 is 9.64 Å². The maximum Gasteiger partial charge on any atom is 0.264 e. The number of rotatable bonds is 4. The van der Waals surface area contributed by atoms with Gasteiger partial charge in [-0.15, -0.1) is 11.3 Å². The molecule has 1 aromatic carbocycles. The van der Waals surface area contributed by atoms with Gasteiger partial charge in [-0.25, -0.2) is 9.97 Å². The quantitative estimate of drug-likeness (QED) is 0.670. The minimum atomic E-state index is 0.0963. The molecule has 3 heterocycles. The highest BCUT2D eigenvalue weighted by molar-refractivity contribution is 7.12. The predicted molar refractivity (Wildman–Crippen MR) is 110 cm³/mol. The summed E-state index contributed by atoms with van der Waals surface area (Å²) < 4.78 is 5.93. The van der Waals surface area contributed by atoms with Gasteiger partial charge in [-0.2, -0.15) is 0 Å². The summed E-state index contributed by atoms with van der Waals surface area (Å²) in [6.07, 6.45) is 1.52. The van der Waals surface area contributed by atoms with Gasteiger partial charge in [0.05, 0.1) is 4.88 Å². The van der Waals surface area contributed by atoms with Crippen LogP contribution in [0.25, 0.3) is 0 Å². The topological polar surface area (TPSA) is 58.6 Å². The van der Waals surface area contributed by atoms with Gasteiger partial charge in [-0.1, -0.05) is 24.3 Å². The van der Waals surface area contributed by atoms with Crippen molar-refractivity contribution in [3.05, 3.63) is 64.6 Å². The highest BCUT2D eigenvalue weighted by atomic mass is 32.1. The monoisotopic (exact) mass is 394 g/mol. The Hall–Kier alpha value is -2.93. The van der Waals surface area contributed by atoms with E-state index in [2.05, 4.69) is 21.8 Å². The third kappa shape index (κ3) is 3.84. The summed E-state index contributed by atoms with van der Waals surface area (Å²) in [5.41, 5.74) is 1.05. The summed E-state index contributed by atoms with van der Waals surface area (Å²) in [4.78, 5) is 26.2. The van der Waals surface area contributed by atoms with E-state index in [1.165, 1.54) is 17.7 Å². The van der Waals surface area contributed by atoms with Gasteiger partial charge in [0.15, 0.2) is 0 Å². The Morgan fingerprint density at radius 1 is 1.18 bits per heavy atom. The summed E-state index contributed by atoms with van der Waals surface area (Å²) in [5.74, 6) is 2.22. The van der Waals surface area contributed by atoms with Crippen LogP contribution in [0, 0.1) is 6.92 Å². The number of hydrogen-bond donors (Lipinski definition) is 0. The normalized spacial score (nSPS) is 16.9. The zero-order valence-corrected chi connectivity index (χ0v) is 16.7. The van der Waals surface area contributed by atoms with E-state index in [0.29, 0.717) is 12.4 Å². The van der Waals surface area contributed by atoms with E-state index in [-0.39, 0.29) is 11.9 Å². The zero-order valence-electron chi connectivity index (χ0n) is 15.9. The number of nitrogens with zero attached hydrogens (tertiary/aromatic N) is 4. The first-order valence-electron chi connectivity index (χ1n) is 9.27. The van der Waals surface area contributed by atoms with Crippen LogP contribution in [0.5, 0.6) is 11.6 Å². The third-order valence-corrected chi connectivity index (χ3v) is 5.74. The van der Waals surface area contributed by atoms with Crippen molar-refractivity contribution in [2.75, 3.05) is 24.5 Å². The van der Waals surface area contributed by atoms with Crippen molar-refractivity contribution in [3.8, 4) is 11.6 Å². The van der Waals surface area contributed by atoms with Crippen molar-refractivity contribution in [2.24, 2.45) is 0 Å². The average Bonchev–Trinajstić information content (AvgIpc) is 3.24. The highest BCUT2D eigenvalue weighted by Gasteiger charge is 2.29. The standard InChI is InChI=1S/C21H22N4O2S/c1-15-6-3-4-7-17(15)27-20-12-19(22-14-23-20)24-9-10-25(16(2)13-24)21(26)18-8-5-11-28-18/h3-8,11-12,14,16H,9-10,13H2,1-2H3. The molecule has 1 unspecified atom stereocenters. The van der Waals surface area contributed by atoms with Crippen LogP contribution in [-0.2, 0) is 0 Å². The van der Waals surface area contributed by atoms with E-state index in [4.69, 9.17) is 4.74 Å².